The van der Waals surface area contributed by atoms with Gasteiger partial charge in [0.15, 0.2) is 0 Å². The summed E-state index contributed by atoms with van der Waals surface area (Å²) in [5, 5.41) is 4.59. The van der Waals surface area contributed by atoms with Crippen LogP contribution in [0.5, 0.6) is 0 Å². The van der Waals surface area contributed by atoms with Gasteiger partial charge in [0.1, 0.15) is 5.82 Å². The van der Waals surface area contributed by atoms with E-state index in [2.05, 4.69) is 61.1 Å². The van der Waals surface area contributed by atoms with Crippen LogP contribution in [0.4, 0.5) is 5.82 Å². The third-order valence-corrected chi connectivity index (χ3v) is 4.51. The van der Waals surface area contributed by atoms with E-state index in [1.54, 1.807) is 0 Å². The number of aryl methyl sites for hydroxylation is 3. The molecule has 1 N–H and O–H groups in total. The van der Waals surface area contributed by atoms with Gasteiger partial charge in [-0.1, -0.05) is 22.9 Å². The normalized spacial score (nSPS) is 10.9. The van der Waals surface area contributed by atoms with Crippen LogP contribution < -0.4 is 5.32 Å². The molecule has 0 bridgehead atoms. The fraction of sp³-hybridized carbons (Fsp3) is 0.400. The van der Waals surface area contributed by atoms with E-state index in [4.69, 9.17) is 4.98 Å². The Kier molecular flexibility index (Phi) is 3.91. The Bertz CT molecular complexity index is 591. The predicted octanol–water partition coefficient (Wildman–Crippen LogP) is 4.61. The summed E-state index contributed by atoms with van der Waals surface area (Å²) in [7, 11) is 0. The minimum Gasteiger partial charge on any atom is -0.370 e. The van der Waals surface area contributed by atoms with Crippen LogP contribution in [0.25, 0.3) is 10.9 Å². The summed E-state index contributed by atoms with van der Waals surface area (Å²) in [6, 6.07) is 4.41. The highest BCUT2D eigenvalue weighted by molar-refractivity contribution is 9.10. The smallest absolute Gasteiger partial charge is 0.129 e. The van der Waals surface area contributed by atoms with Crippen molar-refractivity contribution >= 4 is 32.7 Å². The molecule has 2 nitrogen and oxygen atoms in total. The van der Waals surface area contributed by atoms with Gasteiger partial charge in [-0.2, -0.15) is 0 Å². The summed E-state index contributed by atoms with van der Waals surface area (Å²) in [6.07, 6.45) is 0.996. The molecule has 2 rings (SSSR count). The number of nitrogens with one attached hydrogen (secondary N) is 1. The second-order valence-electron chi connectivity index (χ2n) is 4.58. The first-order chi connectivity index (χ1) is 8.58. The van der Waals surface area contributed by atoms with Crippen LogP contribution in [0.2, 0.25) is 0 Å². The van der Waals surface area contributed by atoms with Crippen molar-refractivity contribution in [1.82, 2.24) is 4.98 Å². The Morgan fingerprint density at radius 2 is 1.94 bits per heavy atom. The third-order valence-electron chi connectivity index (χ3n) is 3.29. The topological polar surface area (TPSA) is 24.9 Å². The quantitative estimate of drug-likeness (QED) is 0.896. The Labute approximate surface area is 117 Å². The van der Waals surface area contributed by atoms with Crippen molar-refractivity contribution in [3.8, 4) is 0 Å². The second-order valence-corrected chi connectivity index (χ2v) is 5.37. The van der Waals surface area contributed by atoms with Gasteiger partial charge >= 0.3 is 0 Å². The van der Waals surface area contributed by atoms with Gasteiger partial charge in [0.05, 0.1) is 5.52 Å². The molecule has 1 aromatic heterocycles. The van der Waals surface area contributed by atoms with Crippen LogP contribution >= 0.6 is 15.9 Å². The van der Waals surface area contributed by atoms with Crippen LogP contribution in [0.15, 0.2) is 16.6 Å². The Morgan fingerprint density at radius 3 is 2.56 bits per heavy atom. The van der Waals surface area contributed by atoms with Gasteiger partial charge in [0, 0.05) is 16.4 Å². The summed E-state index contributed by atoms with van der Waals surface area (Å²) < 4.78 is 1.19. The van der Waals surface area contributed by atoms with Crippen LogP contribution in [0, 0.1) is 13.8 Å². The maximum atomic E-state index is 4.77. The molecule has 96 valence electrons. The summed E-state index contributed by atoms with van der Waals surface area (Å²) in [5.74, 6) is 1.02. The number of nitrogens with zero attached hydrogens (tertiary/aromatic N) is 1. The number of hydrogen-bond donors (Lipinski definition) is 1. The summed E-state index contributed by atoms with van der Waals surface area (Å²) >= 11 is 3.65. The van der Waals surface area contributed by atoms with Crippen LogP contribution in [-0.4, -0.2) is 11.5 Å². The van der Waals surface area contributed by atoms with E-state index in [0.717, 1.165) is 24.3 Å². The number of fused-ring (bicyclic) bond motifs is 1. The van der Waals surface area contributed by atoms with Gasteiger partial charge in [0.2, 0.25) is 0 Å². The molecule has 3 heteroatoms. The number of benzene rings is 1. The number of halogens is 1. The van der Waals surface area contributed by atoms with E-state index in [9.17, 15) is 0 Å². The lowest BCUT2D eigenvalue weighted by Gasteiger charge is -2.13. The molecule has 0 radical (unpaired) electrons. The largest absolute Gasteiger partial charge is 0.370 e. The zero-order chi connectivity index (χ0) is 13.3. The minimum absolute atomic E-state index is 0.903. The zero-order valence-electron chi connectivity index (χ0n) is 11.4. The van der Waals surface area contributed by atoms with Crippen LogP contribution in [-0.2, 0) is 6.42 Å². The first kappa shape index (κ1) is 13.3. The summed E-state index contributed by atoms with van der Waals surface area (Å²) in [6.45, 7) is 9.43. The molecule has 18 heavy (non-hydrogen) atoms. The molecule has 0 aliphatic rings. The van der Waals surface area contributed by atoms with E-state index in [0.29, 0.717) is 0 Å². The second kappa shape index (κ2) is 5.27. The summed E-state index contributed by atoms with van der Waals surface area (Å²) in [5.41, 5.74) is 4.86. The van der Waals surface area contributed by atoms with E-state index in [1.165, 1.54) is 26.5 Å². The molecule has 0 saturated heterocycles. The molecular formula is C15H19BrN2. The van der Waals surface area contributed by atoms with Crippen molar-refractivity contribution in [2.75, 3.05) is 11.9 Å². The molecule has 0 spiro atoms. The lowest BCUT2D eigenvalue weighted by atomic mass is 10.0. The SMILES string of the molecule is CCNc1nc2cc(C)c(Br)c(C)c2cc1CC. The van der Waals surface area contributed by atoms with E-state index in [1.807, 2.05) is 0 Å². The van der Waals surface area contributed by atoms with Gasteiger partial charge in [-0.15, -0.1) is 0 Å². The number of anilines is 1. The standard InChI is InChI=1S/C15H19BrN2/c1-5-11-8-12-10(4)14(16)9(3)7-13(12)18-15(11)17-6-2/h7-8H,5-6H2,1-4H3,(H,17,18). The molecule has 1 aromatic carbocycles. The average Bonchev–Trinajstić information content (AvgIpc) is 2.36. The monoisotopic (exact) mass is 306 g/mol. The highest BCUT2D eigenvalue weighted by atomic mass is 79.9. The zero-order valence-corrected chi connectivity index (χ0v) is 13.0. The first-order valence-corrected chi connectivity index (χ1v) is 7.21. The average molecular weight is 307 g/mol. The third kappa shape index (κ3) is 2.24. The van der Waals surface area contributed by atoms with E-state index >= 15 is 0 Å². The van der Waals surface area contributed by atoms with E-state index in [-0.39, 0.29) is 0 Å². The van der Waals surface area contributed by atoms with Gasteiger partial charge in [-0.3, -0.25) is 0 Å². The molecule has 0 aliphatic carbocycles. The fourth-order valence-corrected chi connectivity index (χ4v) is 2.58. The highest BCUT2D eigenvalue weighted by Crippen LogP contribution is 2.31. The molecule has 0 atom stereocenters. The number of rotatable bonds is 3. The van der Waals surface area contributed by atoms with Crippen molar-refractivity contribution in [2.24, 2.45) is 0 Å². The van der Waals surface area contributed by atoms with Crippen molar-refractivity contribution in [1.29, 1.82) is 0 Å². The van der Waals surface area contributed by atoms with Crippen molar-refractivity contribution < 1.29 is 0 Å². The maximum Gasteiger partial charge on any atom is 0.129 e. The summed E-state index contributed by atoms with van der Waals surface area (Å²) in [4.78, 5) is 4.77. The number of pyridine rings is 1. The Morgan fingerprint density at radius 1 is 1.22 bits per heavy atom. The molecule has 0 fully saturated rings. The predicted molar refractivity (Wildman–Crippen MR) is 82.5 cm³/mol. The fourth-order valence-electron chi connectivity index (χ4n) is 2.25. The van der Waals surface area contributed by atoms with Gasteiger partial charge in [-0.05, 0) is 56.0 Å². The number of aromatic nitrogens is 1. The first-order valence-electron chi connectivity index (χ1n) is 6.41. The lowest BCUT2D eigenvalue weighted by Crippen LogP contribution is -2.04. The van der Waals surface area contributed by atoms with Crippen LogP contribution in [0.1, 0.15) is 30.5 Å². The molecule has 2 aromatic rings. The molecule has 0 saturated carbocycles. The van der Waals surface area contributed by atoms with Crippen LogP contribution in [0.3, 0.4) is 0 Å². The van der Waals surface area contributed by atoms with Gasteiger partial charge < -0.3 is 5.32 Å². The Balaban J connectivity index is 2.75. The van der Waals surface area contributed by atoms with Crippen molar-refractivity contribution in [3.63, 3.8) is 0 Å². The molecular weight excluding hydrogens is 288 g/mol. The Hall–Kier alpha value is -1.09. The van der Waals surface area contributed by atoms with E-state index < -0.39 is 0 Å². The lowest BCUT2D eigenvalue weighted by molar-refractivity contribution is 1.08. The minimum atomic E-state index is 0.903. The highest BCUT2D eigenvalue weighted by Gasteiger charge is 2.10. The maximum absolute atomic E-state index is 4.77. The molecule has 1 heterocycles. The molecule has 0 amide bonds. The molecule has 0 unspecified atom stereocenters. The molecule has 0 aliphatic heterocycles. The van der Waals surface area contributed by atoms with Gasteiger partial charge in [0.25, 0.3) is 0 Å². The van der Waals surface area contributed by atoms with Gasteiger partial charge in [-0.25, -0.2) is 4.98 Å². The van der Waals surface area contributed by atoms with Crippen molar-refractivity contribution in [3.05, 3.63) is 33.3 Å². The number of hydrogen-bond acceptors (Lipinski definition) is 2. The van der Waals surface area contributed by atoms with Crippen molar-refractivity contribution in [2.45, 2.75) is 34.1 Å².